The van der Waals surface area contributed by atoms with Gasteiger partial charge >= 0.3 is 6.18 Å². The lowest BCUT2D eigenvalue weighted by Crippen LogP contribution is -2.32. The standard InChI is InChI=1S/C25H24F3N5O3.C2H6/c1-15-7-10-19-18(13-15)31-24(25(26,27)28)33(19)22-14-30-21(11-12-29-22)32-23(34)17-9-8-16(35-2)5-4-6-20(17)36-3;1-2/h6-10,12-14H,4-5,11H2,1-3H3,(H,30,32,34);1-2H3/b16-8+,17-9+,20-6+;. The molecular weight excluding hydrogens is 499 g/mol. The predicted octanol–water partition coefficient (Wildman–Crippen LogP) is 5.92. The van der Waals surface area contributed by atoms with Crippen LogP contribution in [0.5, 0.6) is 0 Å². The third kappa shape index (κ3) is 6.39. The van der Waals surface area contributed by atoms with Crippen molar-refractivity contribution in [2.75, 3.05) is 14.2 Å². The first-order valence-electron chi connectivity index (χ1n) is 12.1. The molecule has 1 aromatic carbocycles. The van der Waals surface area contributed by atoms with E-state index in [9.17, 15) is 18.0 Å². The van der Waals surface area contributed by atoms with Crippen LogP contribution in [0.4, 0.5) is 13.2 Å². The van der Waals surface area contributed by atoms with Gasteiger partial charge < -0.3 is 14.8 Å². The van der Waals surface area contributed by atoms with Gasteiger partial charge in [-0.05, 0) is 49.3 Å². The van der Waals surface area contributed by atoms with E-state index in [1.54, 1.807) is 50.5 Å². The van der Waals surface area contributed by atoms with Crippen LogP contribution >= 0.6 is 0 Å². The number of hydrogen-bond donors (Lipinski definition) is 1. The van der Waals surface area contributed by atoms with E-state index in [4.69, 9.17) is 9.47 Å². The van der Waals surface area contributed by atoms with Crippen LogP contribution in [0.2, 0.25) is 0 Å². The smallest absolute Gasteiger partial charge is 0.450 e. The van der Waals surface area contributed by atoms with Crippen LogP contribution in [-0.4, -0.2) is 41.7 Å². The van der Waals surface area contributed by atoms with Crippen LogP contribution in [0.25, 0.3) is 16.9 Å². The summed E-state index contributed by atoms with van der Waals surface area (Å²) >= 11 is 0. The molecule has 4 rings (SSSR count). The summed E-state index contributed by atoms with van der Waals surface area (Å²) in [4.78, 5) is 25.2. The molecular formula is C27H30F3N5O3. The molecule has 1 aliphatic carbocycles. The van der Waals surface area contributed by atoms with Gasteiger partial charge in [0.05, 0.1) is 42.8 Å². The molecule has 1 N–H and O–H groups in total. The molecule has 38 heavy (non-hydrogen) atoms. The van der Waals surface area contributed by atoms with Crippen molar-refractivity contribution in [3.05, 3.63) is 71.1 Å². The number of aliphatic imine (C=N–C) groups is 2. The summed E-state index contributed by atoms with van der Waals surface area (Å²) in [6.07, 6.45) is 4.30. The molecule has 1 amide bonds. The minimum Gasteiger partial charge on any atom is -0.501 e. The predicted molar refractivity (Wildman–Crippen MR) is 141 cm³/mol. The number of methoxy groups -OCH3 is 2. The Morgan fingerprint density at radius 2 is 1.89 bits per heavy atom. The lowest BCUT2D eigenvalue weighted by Gasteiger charge is -2.14. The molecule has 1 aromatic heterocycles. The maximum atomic E-state index is 13.8. The number of benzene rings is 1. The number of aromatic nitrogens is 2. The van der Waals surface area contributed by atoms with Crippen molar-refractivity contribution >= 4 is 34.8 Å². The maximum absolute atomic E-state index is 13.8. The molecule has 0 radical (unpaired) electrons. The number of allylic oxidation sites excluding steroid dienone is 4. The summed E-state index contributed by atoms with van der Waals surface area (Å²) in [5.74, 6) is -0.352. The van der Waals surface area contributed by atoms with E-state index in [1.807, 2.05) is 13.8 Å². The third-order valence-electron chi connectivity index (χ3n) is 5.54. The van der Waals surface area contributed by atoms with Gasteiger partial charge in [-0.2, -0.15) is 13.2 Å². The molecule has 8 nitrogen and oxygen atoms in total. The summed E-state index contributed by atoms with van der Waals surface area (Å²) in [7, 11) is 3.02. The normalized spacial score (nSPS) is 19.9. The summed E-state index contributed by atoms with van der Waals surface area (Å²) in [6.45, 7) is 5.77. The minimum absolute atomic E-state index is 0.0757. The quantitative estimate of drug-likeness (QED) is 0.533. The number of halogens is 3. The number of amides is 1. The SMILES string of the molecule is CC.CO/C1=C/C=C(C(=O)NC2=NC=C(n3c(C(F)(F)F)nc4cc(C)ccc43)N=CC2)\C(OC)=C/CC1. The monoisotopic (exact) mass is 529 g/mol. The lowest BCUT2D eigenvalue weighted by atomic mass is 10.1. The third-order valence-corrected chi connectivity index (χ3v) is 5.54. The van der Waals surface area contributed by atoms with Crippen molar-refractivity contribution in [2.24, 2.45) is 9.98 Å². The van der Waals surface area contributed by atoms with Crippen molar-refractivity contribution < 1.29 is 27.4 Å². The van der Waals surface area contributed by atoms with E-state index in [2.05, 4.69) is 20.3 Å². The van der Waals surface area contributed by atoms with Gasteiger partial charge in [0.15, 0.2) is 5.82 Å². The number of nitrogens with one attached hydrogen (secondary N) is 1. The molecule has 202 valence electrons. The van der Waals surface area contributed by atoms with E-state index in [0.29, 0.717) is 24.4 Å². The van der Waals surface area contributed by atoms with E-state index in [0.717, 1.165) is 10.1 Å². The lowest BCUT2D eigenvalue weighted by molar-refractivity contribution is -0.145. The highest BCUT2D eigenvalue weighted by Crippen LogP contribution is 2.34. The zero-order chi connectivity index (χ0) is 27.9. The molecule has 0 fully saturated rings. The number of fused-ring (bicyclic) bond motifs is 1. The fraction of sp³-hybridized carbons (Fsp3) is 0.333. The second-order valence-electron chi connectivity index (χ2n) is 8.02. The van der Waals surface area contributed by atoms with Crippen LogP contribution in [-0.2, 0) is 20.4 Å². The van der Waals surface area contributed by atoms with Crippen LogP contribution in [0.15, 0.2) is 69.7 Å². The first kappa shape index (κ1) is 28.4. The average Bonchev–Trinajstić information content (AvgIpc) is 3.11. The molecule has 2 aliphatic rings. The topological polar surface area (TPSA) is 90.1 Å². The second-order valence-corrected chi connectivity index (χ2v) is 8.02. The van der Waals surface area contributed by atoms with Crippen LogP contribution in [0.3, 0.4) is 0 Å². The molecule has 2 heterocycles. The Labute approximate surface area is 219 Å². The number of carbonyl (C=O) groups is 1. The number of nitrogens with zero attached hydrogens (tertiary/aromatic N) is 4. The molecule has 0 saturated carbocycles. The molecule has 0 atom stereocenters. The first-order valence-corrected chi connectivity index (χ1v) is 12.1. The van der Waals surface area contributed by atoms with Crippen molar-refractivity contribution in [1.29, 1.82) is 0 Å². The molecule has 0 unspecified atom stereocenters. The van der Waals surface area contributed by atoms with E-state index >= 15 is 0 Å². The fourth-order valence-electron chi connectivity index (χ4n) is 3.81. The Morgan fingerprint density at radius 1 is 1.13 bits per heavy atom. The van der Waals surface area contributed by atoms with E-state index in [1.165, 1.54) is 19.5 Å². The van der Waals surface area contributed by atoms with Crippen molar-refractivity contribution in [3.8, 4) is 0 Å². The summed E-state index contributed by atoms with van der Waals surface area (Å²) in [6, 6.07) is 4.83. The van der Waals surface area contributed by atoms with Gasteiger partial charge in [-0.15, -0.1) is 0 Å². The number of amidine groups is 1. The number of hydrogen-bond acceptors (Lipinski definition) is 6. The molecule has 0 saturated heterocycles. The molecule has 0 spiro atoms. The van der Waals surface area contributed by atoms with Gasteiger partial charge in [0, 0.05) is 19.1 Å². The number of alkyl halides is 3. The van der Waals surface area contributed by atoms with Crippen LogP contribution in [0, 0.1) is 6.92 Å². The Kier molecular flexibility index (Phi) is 9.27. The van der Waals surface area contributed by atoms with Crippen LogP contribution < -0.4 is 5.32 Å². The van der Waals surface area contributed by atoms with E-state index in [-0.39, 0.29) is 34.7 Å². The fourth-order valence-corrected chi connectivity index (χ4v) is 3.81. The number of imidazole rings is 1. The van der Waals surface area contributed by atoms with Gasteiger partial charge in [-0.1, -0.05) is 19.9 Å². The average molecular weight is 530 g/mol. The summed E-state index contributed by atoms with van der Waals surface area (Å²) in [5, 5.41) is 2.70. The Bertz CT molecular complexity index is 1380. The molecule has 2 aromatic rings. The van der Waals surface area contributed by atoms with Gasteiger partial charge in [-0.25, -0.2) is 15.0 Å². The highest BCUT2D eigenvalue weighted by Gasteiger charge is 2.38. The highest BCUT2D eigenvalue weighted by molar-refractivity contribution is 6.11. The zero-order valence-corrected chi connectivity index (χ0v) is 21.9. The van der Waals surface area contributed by atoms with Gasteiger partial charge in [0.1, 0.15) is 11.6 Å². The van der Waals surface area contributed by atoms with Crippen LogP contribution in [0.1, 0.15) is 44.5 Å². The minimum atomic E-state index is -4.71. The van der Waals surface area contributed by atoms with Crippen molar-refractivity contribution in [1.82, 2.24) is 14.9 Å². The highest BCUT2D eigenvalue weighted by atomic mass is 19.4. The van der Waals surface area contributed by atoms with Crippen molar-refractivity contribution in [3.63, 3.8) is 0 Å². The summed E-state index contributed by atoms with van der Waals surface area (Å²) in [5.41, 5.74) is 1.48. The molecule has 11 heteroatoms. The second kappa shape index (κ2) is 12.4. The first-order chi connectivity index (χ1) is 18.2. The maximum Gasteiger partial charge on any atom is 0.450 e. The molecule has 0 bridgehead atoms. The van der Waals surface area contributed by atoms with Gasteiger partial charge in [-0.3, -0.25) is 9.36 Å². The van der Waals surface area contributed by atoms with Gasteiger partial charge in [0.2, 0.25) is 5.82 Å². The van der Waals surface area contributed by atoms with E-state index < -0.39 is 17.9 Å². The Morgan fingerprint density at radius 3 is 2.58 bits per heavy atom. The summed E-state index contributed by atoms with van der Waals surface area (Å²) < 4.78 is 52.9. The Hall–Kier alpha value is -4.15. The zero-order valence-electron chi connectivity index (χ0n) is 21.9. The largest absolute Gasteiger partial charge is 0.501 e. The van der Waals surface area contributed by atoms with Gasteiger partial charge in [0.25, 0.3) is 5.91 Å². The number of ether oxygens (including phenoxy) is 2. The molecule has 1 aliphatic heterocycles. The van der Waals surface area contributed by atoms with Crippen molar-refractivity contribution in [2.45, 2.75) is 46.2 Å². The number of rotatable bonds is 4. The number of aryl methyl sites for hydroxylation is 1. The number of carbonyl (C=O) groups excluding carboxylic acids is 1. The Balaban J connectivity index is 0.00000195.